The molecule has 12 nitrogen and oxygen atoms in total. The number of hydrogen-bond acceptors (Lipinski definition) is 7. The van der Waals surface area contributed by atoms with Gasteiger partial charge in [0.1, 0.15) is 22.6 Å². The summed E-state index contributed by atoms with van der Waals surface area (Å²) in [6, 6.07) is 10.4. The molecular weight excluding hydrogens is 626 g/mol. The molecule has 0 aliphatic heterocycles. The lowest BCUT2D eigenvalue weighted by Crippen LogP contribution is -2.39. The SMILES string of the molecule is CCn1cc(OC(=O)Nc2ccc(Oc3cc(-c4cn(C)cn4)cn4nccc34)c(C(F)(F)F)c2)c(=O)n(-c2ccc(F)cc2)c1=O. The summed E-state index contributed by atoms with van der Waals surface area (Å²) >= 11 is 0. The summed E-state index contributed by atoms with van der Waals surface area (Å²) < 4.78 is 72.1. The van der Waals surface area contributed by atoms with Crippen LogP contribution in [0.2, 0.25) is 0 Å². The summed E-state index contributed by atoms with van der Waals surface area (Å²) in [4.78, 5) is 43.0. The van der Waals surface area contributed by atoms with Gasteiger partial charge in [-0.2, -0.15) is 18.3 Å². The number of alkyl halides is 3. The topological polar surface area (TPSA) is 127 Å². The van der Waals surface area contributed by atoms with E-state index in [9.17, 15) is 31.9 Å². The minimum atomic E-state index is -4.91. The van der Waals surface area contributed by atoms with Crippen LogP contribution in [0.1, 0.15) is 12.5 Å². The molecule has 240 valence electrons. The summed E-state index contributed by atoms with van der Waals surface area (Å²) in [6.07, 6.45) is 1.21. The molecule has 0 bridgehead atoms. The van der Waals surface area contributed by atoms with Crippen LogP contribution in [0.4, 0.5) is 28.0 Å². The van der Waals surface area contributed by atoms with Gasteiger partial charge in [-0.3, -0.25) is 14.7 Å². The minimum absolute atomic E-state index is 0.0126. The van der Waals surface area contributed by atoms with Gasteiger partial charge in [-0.05, 0) is 61.5 Å². The molecule has 0 aliphatic carbocycles. The van der Waals surface area contributed by atoms with E-state index in [1.54, 1.807) is 43.3 Å². The van der Waals surface area contributed by atoms with Gasteiger partial charge in [-0.1, -0.05) is 0 Å². The minimum Gasteiger partial charge on any atom is -0.454 e. The molecule has 4 heterocycles. The van der Waals surface area contributed by atoms with Crippen molar-refractivity contribution in [1.82, 2.24) is 28.3 Å². The number of benzene rings is 2. The number of carbonyl (C=O) groups excluding carboxylic acids is 1. The predicted molar refractivity (Wildman–Crippen MR) is 160 cm³/mol. The van der Waals surface area contributed by atoms with E-state index in [0.717, 1.165) is 35.0 Å². The standard InChI is InChI=1S/C31H23F4N7O5/c1-3-40-16-27(28(43)42(30(40)45)21-7-4-19(32)5-8-21)47-29(44)38-20-6-9-25(22(13-20)31(33,34)35)46-26-12-18(23-15-39(2)17-36-23)14-41-24(26)10-11-37-41/h4-17H,3H2,1-2H3,(H,38,44). The molecular formula is C31H23F4N7O5. The van der Waals surface area contributed by atoms with E-state index in [0.29, 0.717) is 27.4 Å². The molecule has 1 amide bonds. The zero-order chi connectivity index (χ0) is 33.5. The van der Waals surface area contributed by atoms with Gasteiger partial charge in [-0.15, -0.1) is 0 Å². The van der Waals surface area contributed by atoms with Gasteiger partial charge >= 0.3 is 23.5 Å². The van der Waals surface area contributed by atoms with E-state index < -0.39 is 46.4 Å². The molecule has 0 saturated carbocycles. The maximum Gasteiger partial charge on any atom is 0.420 e. The zero-order valence-corrected chi connectivity index (χ0v) is 24.5. The first kappa shape index (κ1) is 30.8. The van der Waals surface area contributed by atoms with Crippen LogP contribution in [0, 0.1) is 5.82 Å². The van der Waals surface area contributed by atoms with E-state index in [1.165, 1.54) is 28.9 Å². The normalized spacial score (nSPS) is 11.5. The molecule has 6 rings (SSSR count). The highest BCUT2D eigenvalue weighted by molar-refractivity contribution is 5.86. The van der Waals surface area contributed by atoms with Gasteiger partial charge in [0.2, 0.25) is 5.75 Å². The number of nitrogens with zero attached hydrogens (tertiary/aromatic N) is 6. The molecule has 47 heavy (non-hydrogen) atoms. The fraction of sp³-hybridized carbons (Fsp3) is 0.129. The predicted octanol–water partition coefficient (Wildman–Crippen LogP) is 5.63. The molecule has 0 fully saturated rings. The van der Waals surface area contributed by atoms with Crippen LogP contribution < -0.4 is 26.0 Å². The molecule has 16 heteroatoms. The fourth-order valence-electron chi connectivity index (χ4n) is 4.75. The second-order valence-electron chi connectivity index (χ2n) is 10.2. The first-order chi connectivity index (χ1) is 22.4. The summed E-state index contributed by atoms with van der Waals surface area (Å²) in [5, 5.41) is 6.35. The lowest BCUT2D eigenvalue weighted by Gasteiger charge is -2.17. The number of aromatic nitrogens is 6. The van der Waals surface area contributed by atoms with Crippen LogP contribution in [-0.4, -0.2) is 34.4 Å². The smallest absolute Gasteiger partial charge is 0.420 e. The van der Waals surface area contributed by atoms with Crippen molar-refractivity contribution in [3.63, 3.8) is 0 Å². The van der Waals surface area contributed by atoms with Crippen LogP contribution in [0.25, 0.3) is 22.5 Å². The Labute approximate surface area is 261 Å². The van der Waals surface area contributed by atoms with Crippen molar-refractivity contribution in [2.75, 3.05) is 5.32 Å². The summed E-state index contributed by atoms with van der Waals surface area (Å²) in [7, 11) is 1.77. The van der Waals surface area contributed by atoms with Crippen molar-refractivity contribution in [3.05, 3.63) is 118 Å². The van der Waals surface area contributed by atoms with Crippen molar-refractivity contribution < 1.29 is 31.8 Å². The Balaban J connectivity index is 1.29. The molecule has 0 saturated heterocycles. The number of imidazole rings is 1. The summed E-state index contributed by atoms with van der Waals surface area (Å²) in [6.45, 7) is 1.67. The maximum atomic E-state index is 14.3. The molecule has 4 aromatic heterocycles. The number of nitrogens with one attached hydrogen (secondary N) is 1. The Morgan fingerprint density at radius 1 is 0.957 bits per heavy atom. The number of hydrogen-bond donors (Lipinski definition) is 1. The highest BCUT2D eigenvalue weighted by Gasteiger charge is 2.35. The maximum absolute atomic E-state index is 14.3. The number of pyridine rings is 1. The van der Waals surface area contributed by atoms with Gasteiger partial charge < -0.3 is 14.0 Å². The second-order valence-corrected chi connectivity index (χ2v) is 10.2. The van der Waals surface area contributed by atoms with Crippen molar-refractivity contribution in [3.8, 4) is 34.2 Å². The Bertz CT molecular complexity index is 2250. The molecule has 0 atom stereocenters. The molecule has 0 radical (unpaired) electrons. The third-order valence-electron chi connectivity index (χ3n) is 6.97. The van der Waals surface area contributed by atoms with E-state index in [-0.39, 0.29) is 23.7 Å². The average molecular weight is 650 g/mol. The van der Waals surface area contributed by atoms with E-state index in [1.807, 2.05) is 0 Å². The van der Waals surface area contributed by atoms with Crippen molar-refractivity contribution in [2.45, 2.75) is 19.6 Å². The summed E-state index contributed by atoms with van der Waals surface area (Å²) in [5.41, 5.74) is -1.87. The number of rotatable bonds is 7. The van der Waals surface area contributed by atoms with E-state index in [4.69, 9.17) is 9.47 Å². The molecule has 1 N–H and O–H groups in total. The number of halogens is 4. The Morgan fingerprint density at radius 3 is 2.40 bits per heavy atom. The number of amides is 1. The Kier molecular flexibility index (Phi) is 7.84. The first-order valence-electron chi connectivity index (χ1n) is 13.9. The molecule has 6 aromatic rings. The molecule has 0 unspecified atom stereocenters. The lowest BCUT2D eigenvalue weighted by molar-refractivity contribution is -0.138. The zero-order valence-electron chi connectivity index (χ0n) is 24.5. The van der Waals surface area contributed by atoms with Crippen LogP contribution in [0.3, 0.4) is 0 Å². The third kappa shape index (κ3) is 6.20. The number of anilines is 1. The van der Waals surface area contributed by atoms with Gasteiger partial charge in [0.05, 0.1) is 30.1 Å². The Morgan fingerprint density at radius 2 is 1.72 bits per heavy atom. The van der Waals surface area contributed by atoms with Gasteiger partial charge in [0, 0.05) is 37.2 Å². The molecule has 2 aromatic carbocycles. The van der Waals surface area contributed by atoms with Gasteiger partial charge in [0.25, 0.3) is 0 Å². The second kappa shape index (κ2) is 12.0. The number of carbonyl (C=O) groups is 1. The van der Waals surface area contributed by atoms with Crippen molar-refractivity contribution in [2.24, 2.45) is 7.05 Å². The number of aryl methyl sites for hydroxylation is 2. The van der Waals surface area contributed by atoms with E-state index in [2.05, 4.69) is 15.4 Å². The van der Waals surface area contributed by atoms with Crippen LogP contribution in [-0.2, 0) is 19.8 Å². The average Bonchev–Trinajstić information content (AvgIpc) is 3.69. The quantitative estimate of drug-likeness (QED) is 0.222. The highest BCUT2D eigenvalue weighted by Crippen LogP contribution is 2.41. The van der Waals surface area contributed by atoms with Gasteiger partial charge in [-0.25, -0.2) is 28.0 Å². The fourth-order valence-corrected chi connectivity index (χ4v) is 4.75. The number of fused-ring (bicyclic) bond motifs is 1. The van der Waals surface area contributed by atoms with Crippen LogP contribution in [0.5, 0.6) is 17.2 Å². The monoisotopic (exact) mass is 649 g/mol. The lowest BCUT2D eigenvalue weighted by atomic mass is 10.1. The van der Waals surface area contributed by atoms with Crippen LogP contribution >= 0.6 is 0 Å². The molecule has 0 spiro atoms. The van der Waals surface area contributed by atoms with Gasteiger partial charge in [0.15, 0.2) is 5.75 Å². The van der Waals surface area contributed by atoms with Crippen molar-refractivity contribution in [1.29, 1.82) is 0 Å². The Hall–Kier alpha value is -6.19. The van der Waals surface area contributed by atoms with Crippen LogP contribution in [0.15, 0.2) is 95.3 Å². The number of ether oxygens (including phenoxy) is 2. The third-order valence-corrected chi connectivity index (χ3v) is 6.97. The summed E-state index contributed by atoms with van der Waals surface area (Å²) in [5.74, 6) is -1.69. The van der Waals surface area contributed by atoms with E-state index >= 15 is 0 Å². The largest absolute Gasteiger partial charge is 0.454 e. The highest BCUT2D eigenvalue weighted by atomic mass is 19.4. The first-order valence-corrected chi connectivity index (χ1v) is 13.9. The van der Waals surface area contributed by atoms with Crippen molar-refractivity contribution >= 4 is 17.3 Å². The molecule has 0 aliphatic rings.